The molecule has 3 rings (SSSR count). The molecule has 0 spiro atoms. The quantitative estimate of drug-likeness (QED) is 0.896. The van der Waals surface area contributed by atoms with Crippen LogP contribution in [0.15, 0.2) is 41.1 Å². The molecule has 110 valence electrons. The number of nitrogens with zero attached hydrogens (tertiary/aromatic N) is 3. The van der Waals surface area contributed by atoms with Crippen molar-refractivity contribution in [2.75, 3.05) is 23.3 Å². The molecule has 5 heteroatoms. The predicted octanol–water partition coefficient (Wildman–Crippen LogP) is 4.36. The molecule has 0 saturated carbocycles. The number of rotatable bonds is 3. The molecule has 0 aliphatic carbocycles. The third kappa shape index (κ3) is 3.94. The first-order valence-corrected chi connectivity index (χ1v) is 8.20. The summed E-state index contributed by atoms with van der Waals surface area (Å²) in [4.78, 5) is 11.1. The summed E-state index contributed by atoms with van der Waals surface area (Å²) in [5.41, 5.74) is 1.03. The molecule has 0 atom stereocenters. The van der Waals surface area contributed by atoms with Crippen LogP contribution in [-0.2, 0) is 0 Å². The van der Waals surface area contributed by atoms with E-state index in [0.717, 1.165) is 34.9 Å². The van der Waals surface area contributed by atoms with Crippen molar-refractivity contribution < 1.29 is 0 Å². The topological polar surface area (TPSA) is 41.0 Å². The van der Waals surface area contributed by atoms with Crippen LogP contribution in [0.4, 0.5) is 17.3 Å². The molecule has 0 bridgehead atoms. The molecule has 21 heavy (non-hydrogen) atoms. The molecular weight excluding hydrogens is 328 g/mol. The normalized spacial score (nSPS) is 15.6. The number of benzene rings is 1. The highest BCUT2D eigenvalue weighted by Crippen LogP contribution is 2.22. The Morgan fingerprint density at radius 2 is 1.67 bits per heavy atom. The molecule has 4 nitrogen and oxygen atoms in total. The average molecular weight is 347 g/mol. The van der Waals surface area contributed by atoms with E-state index in [0.29, 0.717) is 0 Å². The van der Waals surface area contributed by atoms with Gasteiger partial charge < -0.3 is 10.2 Å². The molecule has 2 heterocycles. The fourth-order valence-electron chi connectivity index (χ4n) is 2.57. The Labute approximate surface area is 133 Å². The third-order valence-corrected chi connectivity index (χ3v) is 4.23. The highest BCUT2D eigenvalue weighted by molar-refractivity contribution is 9.10. The summed E-state index contributed by atoms with van der Waals surface area (Å²) >= 11 is 3.44. The first-order valence-electron chi connectivity index (χ1n) is 7.41. The number of hydrogen-bond donors (Lipinski definition) is 1. The molecule has 0 unspecified atom stereocenters. The van der Waals surface area contributed by atoms with Gasteiger partial charge in [0.25, 0.3) is 0 Å². The van der Waals surface area contributed by atoms with E-state index < -0.39 is 0 Å². The molecule has 1 saturated heterocycles. The maximum atomic E-state index is 4.43. The largest absolute Gasteiger partial charge is 0.356 e. The number of anilines is 3. The van der Waals surface area contributed by atoms with Gasteiger partial charge in [-0.2, -0.15) is 0 Å². The minimum absolute atomic E-state index is 0.839. The molecule has 0 amide bonds. The van der Waals surface area contributed by atoms with E-state index in [1.54, 1.807) is 6.33 Å². The summed E-state index contributed by atoms with van der Waals surface area (Å²) in [6.45, 7) is 2.18. The van der Waals surface area contributed by atoms with Crippen molar-refractivity contribution in [1.82, 2.24) is 9.97 Å². The van der Waals surface area contributed by atoms with Crippen LogP contribution in [-0.4, -0.2) is 23.1 Å². The smallest absolute Gasteiger partial charge is 0.135 e. The maximum Gasteiger partial charge on any atom is 0.135 e. The monoisotopic (exact) mass is 346 g/mol. The third-order valence-electron chi connectivity index (χ3n) is 3.70. The zero-order chi connectivity index (χ0) is 14.5. The molecule has 1 N–H and O–H groups in total. The molecule has 1 aliphatic rings. The Morgan fingerprint density at radius 1 is 0.952 bits per heavy atom. The number of halogens is 1. The zero-order valence-corrected chi connectivity index (χ0v) is 13.5. The van der Waals surface area contributed by atoms with Gasteiger partial charge in [-0.15, -0.1) is 0 Å². The van der Waals surface area contributed by atoms with Crippen LogP contribution in [0.3, 0.4) is 0 Å². The van der Waals surface area contributed by atoms with Gasteiger partial charge in [-0.25, -0.2) is 9.97 Å². The van der Waals surface area contributed by atoms with Crippen molar-refractivity contribution in [3.05, 3.63) is 41.1 Å². The van der Waals surface area contributed by atoms with E-state index in [9.17, 15) is 0 Å². The van der Waals surface area contributed by atoms with Crippen molar-refractivity contribution in [2.24, 2.45) is 0 Å². The fraction of sp³-hybridized carbons (Fsp3) is 0.375. The van der Waals surface area contributed by atoms with Crippen LogP contribution in [0.25, 0.3) is 0 Å². The van der Waals surface area contributed by atoms with Gasteiger partial charge in [-0.3, -0.25) is 0 Å². The highest BCUT2D eigenvalue weighted by atomic mass is 79.9. The van der Waals surface area contributed by atoms with Gasteiger partial charge in [0.05, 0.1) is 0 Å². The second-order valence-electron chi connectivity index (χ2n) is 5.29. The van der Waals surface area contributed by atoms with Crippen LogP contribution in [0.1, 0.15) is 25.7 Å². The first-order chi connectivity index (χ1) is 10.3. The fourth-order valence-corrected chi connectivity index (χ4v) is 2.83. The van der Waals surface area contributed by atoms with Crippen molar-refractivity contribution in [3.63, 3.8) is 0 Å². The summed E-state index contributed by atoms with van der Waals surface area (Å²) < 4.78 is 1.07. The lowest BCUT2D eigenvalue weighted by Crippen LogP contribution is -2.24. The Bertz CT molecular complexity index is 577. The van der Waals surface area contributed by atoms with Gasteiger partial charge in [0.1, 0.15) is 18.0 Å². The van der Waals surface area contributed by atoms with E-state index >= 15 is 0 Å². The van der Waals surface area contributed by atoms with Gasteiger partial charge in [-0.1, -0.05) is 28.8 Å². The van der Waals surface area contributed by atoms with Crippen LogP contribution in [0.2, 0.25) is 0 Å². The van der Waals surface area contributed by atoms with Crippen LogP contribution >= 0.6 is 15.9 Å². The van der Waals surface area contributed by atoms with Crippen molar-refractivity contribution in [1.29, 1.82) is 0 Å². The highest BCUT2D eigenvalue weighted by Gasteiger charge is 2.11. The average Bonchev–Trinajstić information content (AvgIpc) is 2.79. The predicted molar refractivity (Wildman–Crippen MR) is 90.1 cm³/mol. The lowest BCUT2D eigenvalue weighted by Gasteiger charge is -2.21. The van der Waals surface area contributed by atoms with Crippen LogP contribution in [0.5, 0.6) is 0 Å². The van der Waals surface area contributed by atoms with E-state index in [-0.39, 0.29) is 0 Å². The SMILES string of the molecule is Brc1ccc(Nc2cc(N3CCCCCC3)ncn2)cc1. The molecule has 2 aromatic rings. The second kappa shape index (κ2) is 6.89. The lowest BCUT2D eigenvalue weighted by molar-refractivity contribution is 0.726. The summed E-state index contributed by atoms with van der Waals surface area (Å²) in [5, 5.41) is 3.33. The van der Waals surface area contributed by atoms with E-state index in [1.165, 1.54) is 25.7 Å². The molecule has 1 aliphatic heterocycles. The van der Waals surface area contributed by atoms with Gasteiger partial charge in [0.2, 0.25) is 0 Å². The Balaban J connectivity index is 1.74. The molecule has 1 aromatic carbocycles. The van der Waals surface area contributed by atoms with Crippen LogP contribution in [0, 0.1) is 0 Å². The van der Waals surface area contributed by atoms with Crippen molar-refractivity contribution in [3.8, 4) is 0 Å². The van der Waals surface area contributed by atoms with Crippen LogP contribution < -0.4 is 10.2 Å². The van der Waals surface area contributed by atoms with Gasteiger partial charge in [0, 0.05) is 29.3 Å². The summed E-state index contributed by atoms with van der Waals surface area (Å²) in [5.74, 6) is 1.86. The van der Waals surface area contributed by atoms with E-state index in [2.05, 4.69) is 36.1 Å². The minimum Gasteiger partial charge on any atom is -0.356 e. The molecular formula is C16H19BrN4. The molecule has 1 aromatic heterocycles. The zero-order valence-electron chi connectivity index (χ0n) is 11.9. The minimum atomic E-state index is 0.839. The number of hydrogen-bond acceptors (Lipinski definition) is 4. The standard InChI is InChI=1S/C16H19BrN4/c17-13-5-7-14(8-6-13)20-15-11-16(19-12-18-15)21-9-3-1-2-4-10-21/h5-8,11-12H,1-4,9-10H2,(H,18,19,20). The van der Waals surface area contributed by atoms with Crippen molar-refractivity contribution in [2.45, 2.75) is 25.7 Å². The van der Waals surface area contributed by atoms with Gasteiger partial charge in [-0.05, 0) is 37.1 Å². The maximum absolute atomic E-state index is 4.43. The van der Waals surface area contributed by atoms with Gasteiger partial charge in [0.15, 0.2) is 0 Å². The Hall–Kier alpha value is -1.62. The number of aromatic nitrogens is 2. The molecule has 1 fully saturated rings. The molecule has 0 radical (unpaired) electrons. The summed E-state index contributed by atoms with van der Waals surface area (Å²) in [6.07, 6.45) is 6.79. The number of nitrogens with one attached hydrogen (secondary N) is 1. The summed E-state index contributed by atoms with van der Waals surface area (Å²) in [6, 6.07) is 10.1. The first kappa shape index (κ1) is 14.3. The Kier molecular flexibility index (Phi) is 4.70. The van der Waals surface area contributed by atoms with E-state index in [4.69, 9.17) is 0 Å². The summed E-state index contributed by atoms with van der Waals surface area (Å²) in [7, 11) is 0. The Morgan fingerprint density at radius 3 is 2.38 bits per heavy atom. The van der Waals surface area contributed by atoms with Crippen molar-refractivity contribution >= 4 is 33.3 Å². The second-order valence-corrected chi connectivity index (χ2v) is 6.21. The lowest BCUT2D eigenvalue weighted by atomic mass is 10.2. The van der Waals surface area contributed by atoms with Gasteiger partial charge >= 0.3 is 0 Å². The van der Waals surface area contributed by atoms with E-state index in [1.807, 2.05) is 30.3 Å².